The van der Waals surface area contributed by atoms with Gasteiger partial charge in [-0.25, -0.2) is 8.42 Å². The Morgan fingerprint density at radius 3 is 2.35 bits per heavy atom. The fraction of sp³-hybridized carbons (Fsp3) is 0.571. The van der Waals surface area contributed by atoms with Gasteiger partial charge in [0.2, 0.25) is 10.0 Å². The van der Waals surface area contributed by atoms with E-state index in [0.29, 0.717) is 6.42 Å². The van der Waals surface area contributed by atoms with Gasteiger partial charge in [-0.3, -0.25) is 0 Å². The maximum Gasteiger partial charge on any atom is 0.243 e. The predicted molar refractivity (Wildman–Crippen MR) is 77.9 cm³/mol. The van der Waals surface area contributed by atoms with E-state index in [0.717, 1.165) is 5.56 Å². The summed E-state index contributed by atoms with van der Waals surface area (Å²) in [5.41, 5.74) is 0.747. The Labute approximate surface area is 120 Å². The molecule has 114 valence electrons. The molecule has 20 heavy (non-hydrogen) atoms. The summed E-state index contributed by atoms with van der Waals surface area (Å²) in [5.74, 6) is 0. The number of rotatable bonds is 7. The predicted octanol–water partition coefficient (Wildman–Crippen LogP) is 1.00. The van der Waals surface area contributed by atoms with Crippen LogP contribution in [0, 0.1) is 0 Å². The largest absolute Gasteiger partial charge is 0.394 e. The molecule has 2 N–H and O–H groups in total. The first kappa shape index (κ1) is 17.1. The quantitative estimate of drug-likeness (QED) is 0.787. The van der Waals surface area contributed by atoms with Crippen LogP contribution in [0.2, 0.25) is 0 Å². The third-order valence-corrected chi connectivity index (χ3v) is 5.26. The topological polar surface area (TPSA) is 77.8 Å². The molecule has 6 heteroatoms. The van der Waals surface area contributed by atoms with E-state index in [1.54, 1.807) is 38.1 Å². The highest BCUT2D eigenvalue weighted by molar-refractivity contribution is 7.89. The zero-order valence-electron chi connectivity index (χ0n) is 12.2. The molecule has 0 amide bonds. The molecule has 0 aliphatic heterocycles. The van der Waals surface area contributed by atoms with Crippen LogP contribution in [-0.2, 0) is 16.4 Å². The van der Waals surface area contributed by atoms with E-state index < -0.39 is 22.7 Å². The van der Waals surface area contributed by atoms with Crippen LogP contribution in [-0.4, -0.2) is 48.2 Å². The summed E-state index contributed by atoms with van der Waals surface area (Å²) < 4.78 is 26.7. The SMILES string of the molecule is CCc1ccccc1S(=O)(=O)N(C[C@@H](O)CO)C(C)C. The summed E-state index contributed by atoms with van der Waals surface area (Å²) in [6, 6.07) is 6.56. The minimum atomic E-state index is -3.69. The number of aliphatic hydroxyl groups excluding tert-OH is 2. The second-order valence-electron chi connectivity index (χ2n) is 4.97. The molecular formula is C14H23NO4S. The molecule has 0 spiro atoms. The molecule has 0 bridgehead atoms. The summed E-state index contributed by atoms with van der Waals surface area (Å²) in [6.07, 6.45) is -0.467. The maximum atomic E-state index is 12.7. The number of sulfonamides is 1. The Kier molecular flexibility index (Phi) is 6.13. The molecular weight excluding hydrogens is 278 g/mol. The maximum absolute atomic E-state index is 12.7. The third kappa shape index (κ3) is 3.79. The van der Waals surface area contributed by atoms with Crippen LogP contribution in [0.4, 0.5) is 0 Å². The van der Waals surface area contributed by atoms with Crippen molar-refractivity contribution in [3.8, 4) is 0 Å². The number of benzene rings is 1. The average molecular weight is 301 g/mol. The van der Waals surface area contributed by atoms with E-state index in [1.165, 1.54) is 4.31 Å². The molecule has 0 heterocycles. The number of aliphatic hydroxyl groups is 2. The Bertz CT molecular complexity index is 528. The van der Waals surface area contributed by atoms with Gasteiger partial charge in [0.05, 0.1) is 17.6 Å². The first-order valence-corrected chi connectivity index (χ1v) is 8.17. The Balaban J connectivity index is 3.23. The fourth-order valence-corrected chi connectivity index (χ4v) is 4.00. The minimum Gasteiger partial charge on any atom is -0.394 e. The first-order valence-electron chi connectivity index (χ1n) is 6.73. The lowest BCUT2D eigenvalue weighted by atomic mass is 10.2. The number of hydrogen-bond donors (Lipinski definition) is 2. The standard InChI is InChI=1S/C14H23NO4S/c1-4-12-7-5-6-8-14(12)20(18,19)15(11(2)3)9-13(17)10-16/h5-8,11,13,16-17H,4,9-10H2,1-3H3/t13-/m1/s1. The van der Waals surface area contributed by atoms with Gasteiger partial charge in [-0.1, -0.05) is 25.1 Å². The lowest BCUT2D eigenvalue weighted by Crippen LogP contribution is -2.43. The van der Waals surface area contributed by atoms with E-state index in [9.17, 15) is 13.5 Å². The Morgan fingerprint density at radius 2 is 1.85 bits per heavy atom. The van der Waals surface area contributed by atoms with E-state index in [1.807, 2.05) is 6.92 Å². The van der Waals surface area contributed by atoms with Crippen LogP contribution >= 0.6 is 0 Å². The molecule has 1 aromatic carbocycles. The summed E-state index contributed by atoms with van der Waals surface area (Å²) >= 11 is 0. The monoisotopic (exact) mass is 301 g/mol. The lowest BCUT2D eigenvalue weighted by molar-refractivity contribution is 0.0738. The van der Waals surface area contributed by atoms with Crippen LogP contribution in [0.5, 0.6) is 0 Å². The molecule has 0 aliphatic carbocycles. The van der Waals surface area contributed by atoms with Crippen LogP contribution < -0.4 is 0 Å². The van der Waals surface area contributed by atoms with Crippen molar-refractivity contribution in [1.82, 2.24) is 4.31 Å². The zero-order chi connectivity index (χ0) is 15.3. The van der Waals surface area contributed by atoms with Crippen molar-refractivity contribution in [3.63, 3.8) is 0 Å². The zero-order valence-corrected chi connectivity index (χ0v) is 13.0. The third-order valence-electron chi connectivity index (χ3n) is 3.12. The molecule has 1 rings (SSSR count). The molecule has 0 saturated heterocycles. The average Bonchev–Trinajstić information content (AvgIpc) is 2.43. The van der Waals surface area contributed by atoms with Crippen molar-refractivity contribution in [3.05, 3.63) is 29.8 Å². The van der Waals surface area contributed by atoms with Gasteiger partial charge in [-0.15, -0.1) is 0 Å². The minimum absolute atomic E-state index is 0.117. The van der Waals surface area contributed by atoms with E-state index in [4.69, 9.17) is 5.11 Å². The summed E-state index contributed by atoms with van der Waals surface area (Å²) in [4.78, 5) is 0.265. The van der Waals surface area contributed by atoms with Crippen molar-refractivity contribution < 1.29 is 18.6 Å². The van der Waals surface area contributed by atoms with E-state index in [-0.39, 0.29) is 17.5 Å². The summed E-state index contributed by atoms with van der Waals surface area (Å²) in [6.45, 7) is 4.81. The second-order valence-corrected chi connectivity index (χ2v) is 6.83. The highest BCUT2D eigenvalue weighted by Gasteiger charge is 2.30. The van der Waals surface area contributed by atoms with Crippen LogP contribution in [0.3, 0.4) is 0 Å². The van der Waals surface area contributed by atoms with Gasteiger partial charge in [0.15, 0.2) is 0 Å². The molecule has 1 atom stereocenters. The van der Waals surface area contributed by atoms with Crippen molar-refractivity contribution >= 4 is 10.0 Å². The van der Waals surface area contributed by atoms with Gasteiger partial charge < -0.3 is 10.2 Å². The van der Waals surface area contributed by atoms with Gasteiger partial charge in [-0.05, 0) is 31.9 Å². The number of hydrogen-bond acceptors (Lipinski definition) is 4. The highest BCUT2D eigenvalue weighted by atomic mass is 32.2. The van der Waals surface area contributed by atoms with Gasteiger partial charge in [0.25, 0.3) is 0 Å². The Hall–Kier alpha value is -0.950. The van der Waals surface area contributed by atoms with Gasteiger partial charge in [-0.2, -0.15) is 4.31 Å². The molecule has 0 fully saturated rings. The highest BCUT2D eigenvalue weighted by Crippen LogP contribution is 2.22. The van der Waals surface area contributed by atoms with E-state index >= 15 is 0 Å². The summed E-state index contributed by atoms with van der Waals surface area (Å²) in [5, 5.41) is 18.5. The van der Waals surface area contributed by atoms with Crippen molar-refractivity contribution in [1.29, 1.82) is 0 Å². The summed E-state index contributed by atoms with van der Waals surface area (Å²) in [7, 11) is -3.69. The molecule has 0 saturated carbocycles. The fourth-order valence-electron chi connectivity index (χ4n) is 2.03. The smallest absolute Gasteiger partial charge is 0.243 e. The molecule has 0 radical (unpaired) electrons. The molecule has 0 unspecified atom stereocenters. The van der Waals surface area contributed by atoms with Crippen LogP contribution in [0.15, 0.2) is 29.2 Å². The van der Waals surface area contributed by atoms with Crippen LogP contribution in [0.1, 0.15) is 26.3 Å². The number of aryl methyl sites for hydroxylation is 1. The van der Waals surface area contributed by atoms with Crippen LogP contribution in [0.25, 0.3) is 0 Å². The first-order chi connectivity index (χ1) is 9.34. The van der Waals surface area contributed by atoms with Gasteiger partial charge in [0, 0.05) is 12.6 Å². The molecule has 1 aromatic rings. The normalized spacial score (nSPS) is 13.9. The lowest BCUT2D eigenvalue weighted by Gasteiger charge is -2.28. The van der Waals surface area contributed by atoms with Gasteiger partial charge in [0.1, 0.15) is 0 Å². The van der Waals surface area contributed by atoms with Crippen molar-refractivity contribution in [2.75, 3.05) is 13.2 Å². The van der Waals surface area contributed by atoms with Crippen molar-refractivity contribution in [2.24, 2.45) is 0 Å². The van der Waals surface area contributed by atoms with Gasteiger partial charge >= 0.3 is 0 Å². The second kappa shape index (κ2) is 7.17. The van der Waals surface area contributed by atoms with E-state index in [2.05, 4.69) is 0 Å². The Morgan fingerprint density at radius 1 is 1.25 bits per heavy atom. The molecule has 0 aliphatic rings. The molecule has 0 aromatic heterocycles. The molecule has 5 nitrogen and oxygen atoms in total. The number of nitrogens with zero attached hydrogens (tertiary/aromatic N) is 1. The van der Waals surface area contributed by atoms with Crippen molar-refractivity contribution in [2.45, 2.75) is 44.2 Å².